The molecule has 0 saturated heterocycles. The van der Waals surface area contributed by atoms with Gasteiger partial charge in [0.2, 0.25) is 0 Å². The Morgan fingerprint density at radius 1 is 1.50 bits per heavy atom. The minimum absolute atomic E-state index is 0.180. The van der Waals surface area contributed by atoms with Gasteiger partial charge < -0.3 is 0 Å². The number of hydrogen-bond donors (Lipinski definition) is 0. The van der Waals surface area contributed by atoms with E-state index < -0.39 is 0 Å². The number of allylic oxidation sites excluding steroid dienone is 4. The molecule has 0 radical (unpaired) electrons. The summed E-state index contributed by atoms with van der Waals surface area (Å²) in [5.41, 5.74) is 4.35. The molecule has 0 aromatic rings. The smallest absolute Gasteiger partial charge is 0.00668 e. The largest absolute Gasteiger partial charge is 0.110 e. The van der Waals surface area contributed by atoms with Crippen molar-refractivity contribution >= 4 is 33.1 Å². The van der Waals surface area contributed by atoms with Crippen LogP contribution in [0.3, 0.4) is 0 Å². The van der Waals surface area contributed by atoms with Crippen LogP contribution in [0.25, 0.3) is 0 Å². The summed E-state index contributed by atoms with van der Waals surface area (Å²) in [5.74, 6) is 0.908. The topological polar surface area (TPSA) is 0 Å². The third-order valence-electron chi connectivity index (χ3n) is 3.30. The van der Waals surface area contributed by atoms with E-state index in [0.717, 1.165) is 19.5 Å². The predicted octanol–water partition coefficient (Wildman–Crippen LogP) is 4.70. The van der Waals surface area contributed by atoms with Crippen molar-refractivity contribution < 1.29 is 0 Å². The van der Waals surface area contributed by atoms with Gasteiger partial charge in [0.05, 0.1) is 0 Å². The summed E-state index contributed by atoms with van der Waals surface area (Å²) in [6.07, 6.45) is 8.66. The number of rotatable bonds is 2. The standard InChI is InChI=1S/C10H18P4/c1-7-5-8-3-2-4-9(8)6-10(7)14(12)13-11/h2,4,7,10,13H,3,5-6,11-12H2,1H3/t7-,10-,14?/m0/s1. The Balaban J connectivity index is 2.11. The van der Waals surface area contributed by atoms with E-state index in [1.165, 1.54) is 19.3 Å². The molecule has 78 valence electrons. The van der Waals surface area contributed by atoms with E-state index >= 15 is 0 Å². The molecule has 0 aromatic carbocycles. The second-order valence-corrected chi connectivity index (χ2v) is 13.8. The molecule has 2 aliphatic carbocycles. The maximum atomic E-state index is 3.10. The molecule has 0 fully saturated rings. The van der Waals surface area contributed by atoms with Crippen LogP contribution in [-0.4, -0.2) is 5.66 Å². The molecule has 4 unspecified atom stereocenters. The van der Waals surface area contributed by atoms with Gasteiger partial charge in [0.1, 0.15) is 0 Å². The van der Waals surface area contributed by atoms with Gasteiger partial charge in [-0.1, -0.05) is 39.9 Å². The third-order valence-corrected chi connectivity index (χ3v) is 14.7. The second-order valence-electron chi connectivity index (χ2n) is 4.22. The van der Waals surface area contributed by atoms with Gasteiger partial charge in [-0.05, 0) is 36.4 Å². The van der Waals surface area contributed by atoms with Crippen molar-refractivity contribution in [2.75, 3.05) is 0 Å². The maximum absolute atomic E-state index is 3.10. The van der Waals surface area contributed by atoms with E-state index in [2.05, 4.69) is 36.9 Å². The molecule has 0 N–H and O–H groups in total. The monoisotopic (exact) mass is 262 g/mol. The van der Waals surface area contributed by atoms with Gasteiger partial charge >= 0.3 is 0 Å². The summed E-state index contributed by atoms with van der Waals surface area (Å²) in [7, 11) is 7.27. The van der Waals surface area contributed by atoms with Crippen LogP contribution in [0.1, 0.15) is 26.2 Å². The molecule has 4 heteroatoms. The second kappa shape index (κ2) is 5.02. The SMILES string of the molecule is C[C@H]1CC2=C(C=CC2)C[C@@H]1P(P)PP. The average Bonchev–Trinajstić information content (AvgIpc) is 2.62. The molecule has 0 spiro atoms. The molecule has 0 amide bonds. The highest BCUT2D eigenvalue weighted by molar-refractivity contribution is 8.61. The van der Waals surface area contributed by atoms with E-state index in [1.807, 2.05) is 0 Å². The first-order chi connectivity index (χ1) is 6.72. The number of hydrogen-bond acceptors (Lipinski definition) is 0. The highest BCUT2D eigenvalue weighted by Crippen LogP contribution is 2.72. The van der Waals surface area contributed by atoms with Gasteiger partial charge in [0.25, 0.3) is 0 Å². The van der Waals surface area contributed by atoms with E-state index in [-0.39, 0.29) is 7.30 Å². The Kier molecular flexibility index (Phi) is 4.19. The summed E-state index contributed by atoms with van der Waals surface area (Å²) < 4.78 is 0. The zero-order valence-electron chi connectivity index (χ0n) is 8.53. The summed E-state index contributed by atoms with van der Waals surface area (Å²) in [5, 5.41) is 0. The lowest BCUT2D eigenvalue weighted by Gasteiger charge is -2.34. The van der Waals surface area contributed by atoms with Gasteiger partial charge in [0.15, 0.2) is 0 Å². The van der Waals surface area contributed by atoms with E-state index in [4.69, 9.17) is 0 Å². The molecule has 2 aliphatic rings. The molecule has 0 nitrogen and oxygen atoms in total. The van der Waals surface area contributed by atoms with Crippen LogP contribution in [0.15, 0.2) is 23.3 Å². The average molecular weight is 262 g/mol. The molecular formula is C10H18P4. The lowest BCUT2D eigenvalue weighted by atomic mass is 9.86. The maximum Gasteiger partial charge on any atom is -0.00668 e. The van der Waals surface area contributed by atoms with Gasteiger partial charge in [-0.15, -0.1) is 17.9 Å². The Morgan fingerprint density at radius 3 is 3.00 bits per heavy atom. The molecule has 14 heavy (non-hydrogen) atoms. The molecule has 0 heterocycles. The highest BCUT2D eigenvalue weighted by Gasteiger charge is 2.30. The molecule has 0 saturated carbocycles. The van der Waals surface area contributed by atoms with Crippen molar-refractivity contribution in [3.05, 3.63) is 23.3 Å². The van der Waals surface area contributed by atoms with Crippen molar-refractivity contribution in [1.82, 2.24) is 0 Å². The first-order valence-corrected chi connectivity index (χ1v) is 11.8. The van der Waals surface area contributed by atoms with E-state index in [1.54, 1.807) is 11.1 Å². The van der Waals surface area contributed by atoms with Gasteiger partial charge in [-0.3, -0.25) is 0 Å². The van der Waals surface area contributed by atoms with Gasteiger partial charge in [-0.2, -0.15) is 0 Å². The summed E-state index contributed by atoms with van der Waals surface area (Å²) in [6, 6.07) is 0. The molecule has 6 atom stereocenters. The quantitative estimate of drug-likeness (QED) is 0.633. The normalized spacial score (nSPS) is 34.2. The van der Waals surface area contributed by atoms with Crippen molar-refractivity contribution in [1.29, 1.82) is 0 Å². The van der Waals surface area contributed by atoms with Crippen LogP contribution >= 0.6 is 33.1 Å². The predicted molar refractivity (Wildman–Crippen MR) is 77.6 cm³/mol. The molecule has 0 aromatic heterocycles. The Morgan fingerprint density at radius 2 is 2.29 bits per heavy atom. The lowest BCUT2D eigenvalue weighted by molar-refractivity contribution is 0.512. The first-order valence-electron chi connectivity index (χ1n) is 5.10. The first kappa shape index (κ1) is 11.7. The Labute approximate surface area is 94.4 Å². The molecule has 0 aliphatic heterocycles. The van der Waals surface area contributed by atoms with Crippen molar-refractivity contribution in [3.8, 4) is 0 Å². The van der Waals surface area contributed by atoms with Crippen LogP contribution in [0.2, 0.25) is 0 Å². The fraction of sp³-hybridized carbons (Fsp3) is 0.600. The van der Waals surface area contributed by atoms with Crippen LogP contribution in [0, 0.1) is 5.92 Å². The zero-order chi connectivity index (χ0) is 10.1. The summed E-state index contributed by atoms with van der Waals surface area (Å²) in [6.45, 7) is 2.44. The van der Waals surface area contributed by atoms with Crippen LogP contribution < -0.4 is 0 Å². The Hall–Kier alpha value is 1.20. The van der Waals surface area contributed by atoms with Crippen molar-refractivity contribution in [3.63, 3.8) is 0 Å². The molecule has 0 bridgehead atoms. The van der Waals surface area contributed by atoms with Crippen molar-refractivity contribution in [2.24, 2.45) is 5.92 Å². The van der Waals surface area contributed by atoms with E-state index in [9.17, 15) is 0 Å². The Bertz CT molecular complexity index is 282. The van der Waals surface area contributed by atoms with Crippen molar-refractivity contribution in [2.45, 2.75) is 31.8 Å². The lowest BCUT2D eigenvalue weighted by Crippen LogP contribution is -2.19. The molecule has 2 rings (SSSR count). The van der Waals surface area contributed by atoms with Crippen LogP contribution in [-0.2, 0) is 0 Å². The summed E-state index contributed by atoms with van der Waals surface area (Å²) >= 11 is 0. The van der Waals surface area contributed by atoms with E-state index in [0.29, 0.717) is 0 Å². The van der Waals surface area contributed by atoms with Crippen LogP contribution in [0.4, 0.5) is 0 Å². The molecular weight excluding hydrogens is 244 g/mol. The zero-order valence-corrected chi connectivity index (χ0v) is 12.7. The fourth-order valence-corrected chi connectivity index (χ4v) is 8.21. The van der Waals surface area contributed by atoms with Gasteiger partial charge in [-0.25, -0.2) is 0 Å². The van der Waals surface area contributed by atoms with Crippen LogP contribution in [0.5, 0.6) is 0 Å². The summed E-state index contributed by atoms with van der Waals surface area (Å²) in [4.78, 5) is 0. The highest BCUT2D eigenvalue weighted by atomic mass is 32.6. The third kappa shape index (κ3) is 2.30. The minimum atomic E-state index is 0.180. The van der Waals surface area contributed by atoms with Gasteiger partial charge in [0, 0.05) is 0 Å². The fourth-order valence-electron chi connectivity index (χ4n) is 2.44. The minimum Gasteiger partial charge on any atom is -0.110 e.